The zero-order valence-corrected chi connectivity index (χ0v) is 10.8. The summed E-state index contributed by atoms with van der Waals surface area (Å²) in [6.07, 6.45) is 3.37. The van der Waals surface area contributed by atoms with Crippen molar-refractivity contribution in [2.75, 3.05) is 0 Å². The van der Waals surface area contributed by atoms with E-state index in [-0.39, 0.29) is 10.3 Å². The molecule has 0 saturated heterocycles. The molecule has 13 heavy (non-hydrogen) atoms. The first-order valence-electron chi connectivity index (χ1n) is 5.54. The Labute approximate surface area is 89.1 Å². The summed E-state index contributed by atoms with van der Waals surface area (Å²) in [6.45, 7) is 13.5. The average molecular weight is 205 g/mol. The molecule has 0 N–H and O–H groups in total. The molecular weight excluding hydrogens is 180 g/mol. The van der Waals surface area contributed by atoms with E-state index in [2.05, 4.69) is 41.5 Å². The van der Waals surface area contributed by atoms with E-state index in [0.717, 1.165) is 12.8 Å². The Morgan fingerprint density at radius 2 is 1.54 bits per heavy atom. The quantitative estimate of drug-likeness (QED) is 0.562. The van der Waals surface area contributed by atoms with Crippen LogP contribution in [-0.2, 0) is 0 Å². The van der Waals surface area contributed by atoms with Gasteiger partial charge in [0.15, 0.2) is 0 Å². The van der Waals surface area contributed by atoms with Crippen molar-refractivity contribution in [3.05, 3.63) is 0 Å². The molecule has 1 heteroatoms. The first kappa shape index (κ1) is 13.3. The Morgan fingerprint density at radius 3 is 1.77 bits per heavy atom. The van der Waals surface area contributed by atoms with Crippen molar-refractivity contribution >= 4 is 11.6 Å². The number of halogens is 1. The van der Waals surface area contributed by atoms with E-state index in [4.69, 9.17) is 11.6 Å². The molecule has 0 amide bonds. The molecule has 0 aromatic carbocycles. The van der Waals surface area contributed by atoms with Gasteiger partial charge in [-0.1, -0.05) is 48.0 Å². The summed E-state index contributed by atoms with van der Waals surface area (Å²) in [4.78, 5) is -0.0312. The Kier molecular flexibility index (Phi) is 4.79. The highest BCUT2D eigenvalue weighted by molar-refractivity contribution is 6.24. The van der Waals surface area contributed by atoms with Gasteiger partial charge in [0, 0.05) is 0 Å². The summed E-state index contributed by atoms with van der Waals surface area (Å²) in [6, 6.07) is 0. The van der Waals surface area contributed by atoms with Crippen molar-refractivity contribution in [1.29, 1.82) is 0 Å². The van der Waals surface area contributed by atoms with Crippen LogP contribution in [0.5, 0.6) is 0 Å². The van der Waals surface area contributed by atoms with Crippen molar-refractivity contribution in [2.45, 2.75) is 65.7 Å². The molecule has 0 saturated carbocycles. The highest BCUT2D eigenvalue weighted by atomic mass is 35.5. The molecule has 2 unspecified atom stereocenters. The van der Waals surface area contributed by atoms with Gasteiger partial charge in [0.25, 0.3) is 0 Å². The molecule has 0 aliphatic carbocycles. The molecule has 0 fully saturated rings. The van der Waals surface area contributed by atoms with Crippen LogP contribution in [-0.4, -0.2) is 4.87 Å². The highest BCUT2D eigenvalue weighted by Crippen LogP contribution is 2.48. The number of hydrogen-bond donors (Lipinski definition) is 0. The van der Waals surface area contributed by atoms with Crippen LogP contribution in [0.2, 0.25) is 0 Å². The smallest absolute Gasteiger partial charge is 0.0520 e. The van der Waals surface area contributed by atoms with E-state index in [1.807, 2.05) is 0 Å². The first-order chi connectivity index (χ1) is 5.85. The summed E-state index contributed by atoms with van der Waals surface area (Å²) >= 11 is 6.77. The van der Waals surface area contributed by atoms with Gasteiger partial charge >= 0.3 is 0 Å². The maximum Gasteiger partial charge on any atom is 0.0520 e. The summed E-state index contributed by atoms with van der Waals surface area (Å²) in [5.74, 6) is 0.592. The minimum atomic E-state index is -0.0312. The third-order valence-electron chi connectivity index (χ3n) is 3.92. The average Bonchev–Trinajstić information content (AvgIpc) is 2.14. The van der Waals surface area contributed by atoms with Crippen LogP contribution in [0, 0.1) is 11.3 Å². The van der Waals surface area contributed by atoms with Gasteiger partial charge in [-0.3, -0.25) is 0 Å². The molecule has 0 rings (SSSR count). The van der Waals surface area contributed by atoms with Crippen LogP contribution in [0.25, 0.3) is 0 Å². The third kappa shape index (κ3) is 2.40. The number of alkyl halides is 1. The second-order valence-electron chi connectivity index (χ2n) is 4.76. The predicted molar refractivity (Wildman–Crippen MR) is 62.4 cm³/mol. The molecule has 2 atom stereocenters. The summed E-state index contributed by atoms with van der Waals surface area (Å²) in [7, 11) is 0. The lowest BCUT2D eigenvalue weighted by molar-refractivity contribution is 0.162. The fourth-order valence-corrected chi connectivity index (χ4v) is 2.40. The van der Waals surface area contributed by atoms with E-state index in [1.54, 1.807) is 0 Å². The van der Waals surface area contributed by atoms with Gasteiger partial charge in [-0.25, -0.2) is 0 Å². The lowest BCUT2D eigenvalue weighted by Gasteiger charge is -2.45. The van der Waals surface area contributed by atoms with Crippen LogP contribution < -0.4 is 0 Å². The predicted octanol–water partition coefficient (Wildman–Crippen LogP) is 4.86. The fraction of sp³-hybridized carbons (Fsp3) is 1.00. The molecule has 0 heterocycles. The lowest BCUT2D eigenvalue weighted by Crippen LogP contribution is -2.44. The Hall–Kier alpha value is 0.290. The largest absolute Gasteiger partial charge is 0.118 e. The van der Waals surface area contributed by atoms with Gasteiger partial charge in [-0.05, 0) is 24.2 Å². The van der Waals surface area contributed by atoms with Crippen molar-refractivity contribution in [3.8, 4) is 0 Å². The Bertz CT molecular complexity index is 151. The molecule has 0 spiro atoms. The maximum atomic E-state index is 6.77. The van der Waals surface area contributed by atoms with Crippen LogP contribution >= 0.6 is 11.6 Å². The second kappa shape index (κ2) is 4.68. The monoisotopic (exact) mass is 204 g/mol. The van der Waals surface area contributed by atoms with Crippen molar-refractivity contribution in [3.63, 3.8) is 0 Å². The molecule has 80 valence electrons. The van der Waals surface area contributed by atoms with Gasteiger partial charge in [0.05, 0.1) is 4.87 Å². The maximum absolute atomic E-state index is 6.77. The van der Waals surface area contributed by atoms with Crippen molar-refractivity contribution in [1.82, 2.24) is 0 Å². The number of hydrogen-bond acceptors (Lipinski definition) is 0. The molecule has 0 aromatic rings. The van der Waals surface area contributed by atoms with Crippen molar-refractivity contribution in [2.24, 2.45) is 11.3 Å². The van der Waals surface area contributed by atoms with E-state index >= 15 is 0 Å². The van der Waals surface area contributed by atoms with Gasteiger partial charge in [-0.15, -0.1) is 11.6 Å². The lowest BCUT2D eigenvalue weighted by atomic mass is 9.68. The standard InChI is InChI=1S/C12H25Cl/c1-7-10(4)12(13,9-3)11(5,6)8-2/h10H,7-9H2,1-6H3. The minimum absolute atomic E-state index is 0.0312. The fourth-order valence-electron chi connectivity index (χ4n) is 2.11. The Balaban J connectivity index is 4.81. The van der Waals surface area contributed by atoms with Crippen LogP contribution in [0.15, 0.2) is 0 Å². The second-order valence-corrected chi connectivity index (χ2v) is 5.44. The normalized spacial score (nSPS) is 19.6. The highest BCUT2D eigenvalue weighted by Gasteiger charge is 2.43. The molecular formula is C12H25Cl. The van der Waals surface area contributed by atoms with Crippen molar-refractivity contribution < 1.29 is 0 Å². The topological polar surface area (TPSA) is 0 Å². The minimum Gasteiger partial charge on any atom is -0.118 e. The summed E-state index contributed by atoms with van der Waals surface area (Å²) in [5, 5.41) is 0. The van der Waals surface area contributed by atoms with E-state index in [0.29, 0.717) is 5.92 Å². The SMILES string of the molecule is CCC(C)C(Cl)(CC)C(C)(C)CC. The van der Waals surface area contributed by atoms with Gasteiger partial charge < -0.3 is 0 Å². The number of rotatable bonds is 5. The Morgan fingerprint density at radius 1 is 1.08 bits per heavy atom. The van der Waals surface area contributed by atoms with Crippen LogP contribution in [0.3, 0.4) is 0 Å². The van der Waals surface area contributed by atoms with Crippen LogP contribution in [0.4, 0.5) is 0 Å². The zero-order valence-electron chi connectivity index (χ0n) is 10.1. The van der Waals surface area contributed by atoms with E-state index in [1.165, 1.54) is 6.42 Å². The first-order valence-corrected chi connectivity index (χ1v) is 5.92. The molecule has 0 aromatic heterocycles. The zero-order chi connectivity index (χ0) is 10.7. The van der Waals surface area contributed by atoms with Gasteiger partial charge in [-0.2, -0.15) is 0 Å². The molecule has 0 nitrogen and oxygen atoms in total. The van der Waals surface area contributed by atoms with Gasteiger partial charge in [0.2, 0.25) is 0 Å². The van der Waals surface area contributed by atoms with Gasteiger partial charge in [0.1, 0.15) is 0 Å². The van der Waals surface area contributed by atoms with Crippen LogP contribution in [0.1, 0.15) is 60.8 Å². The molecule has 0 aliphatic heterocycles. The van der Waals surface area contributed by atoms with E-state index in [9.17, 15) is 0 Å². The summed E-state index contributed by atoms with van der Waals surface area (Å²) < 4.78 is 0. The third-order valence-corrected chi connectivity index (χ3v) is 5.07. The molecule has 0 bridgehead atoms. The molecule has 0 radical (unpaired) electrons. The van der Waals surface area contributed by atoms with E-state index < -0.39 is 0 Å². The molecule has 0 aliphatic rings. The summed E-state index contributed by atoms with van der Waals surface area (Å²) in [5.41, 5.74) is 0.235.